The summed E-state index contributed by atoms with van der Waals surface area (Å²) in [4.78, 5) is 0. The molecule has 0 unspecified atom stereocenters. The minimum atomic E-state index is -3.41. The van der Waals surface area contributed by atoms with E-state index in [1.807, 2.05) is 6.07 Å². The van der Waals surface area contributed by atoms with Crippen molar-refractivity contribution < 1.29 is 8.42 Å². The molecule has 0 amide bonds. The number of nitriles is 1. The molecule has 0 fully saturated rings. The van der Waals surface area contributed by atoms with Crippen molar-refractivity contribution in [3.8, 4) is 6.07 Å². The van der Waals surface area contributed by atoms with Gasteiger partial charge in [-0.2, -0.15) is 5.26 Å². The Hall–Kier alpha value is -1.06. The van der Waals surface area contributed by atoms with Crippen LogP contribution >= 0.6 is 15.9 Å². The molecule has 1 aromatic rings. The zero-order valence-electron chi connectivity index (χ0n) is 7.99. The summed E-state index contributed by atoms with van der Waals surface area (Å²) in [5.74, 6) is 0. The Bertz CT molecular complexity index is 505. The van der Waals surface area contributed by atoms with Gasteiger partial charge in [-0.3, -0.25) is 4.72 Å². The Morgan fingerprint density at radius 2 is 2.20 bits per heavy atom. The van der Waals surface area contributed by atoms with E-state index in [0.29, 0.717) is 11.3 Å². The predicted octanol–water partition coefficient (Wildman–Crippen LogP) is 1.96. The van der Waals surface area contributed by atoms with Gasteiger partial charge in [-0.05, 0) is 18.6 Å². The van der Waals surface area contributed by atoms with Crippen molar-refractivity contribution in [2.45, 2.75) is 6.92 Å². The third kappa shape index (κ3) is 2.94. The third-order valence-corrected chi connectivity index (χ3v) is 4.42. The van der Waals surface area contributed by atoms with Crippen molar-refractivity contribution in [3.63, 3.8) is 0 Å². The predicted molar refractivity (Wildman–Crippen MR) is 62.2 cm³/mol. The van der Waals surface area contributed by atoms with Crippen LogP contribution in [0, 0.1) is 18.3 Å². The van der Waals surface area contributed by atoms with E-state index in [9.17, 15) is 8.42 Å². The Kier molecular flexibility index (Phi) is 3.72. The van der Waals surface area contributed by atoms with Crippen molar-refractivity contribution in [1.82, 2.24) is 0 Å². The Morgan fingerprint density at radius 1 is 1.53 bits per heavy atom. The smallest absolute Gasteiger partial charge is 0.242 e. The van der Waals surface area contributed by atoms with Gasteiger partial charge in [-0.1, -0.05) is 28.1 Å². The molecule has 1 aromatic carbocycles. The van der Waals surface area contributed by atoms with Crippen molar-refractivity contribution in [2.75, 3.05) is 9.38 Å². The largest absolute Gasteiger partial charge is 0.281 e. The highest BCUT2D eigenvalue weighted by Gasteiger charge is 2.11. The van der Waals surface area contributed by atoms with Crippen LogP contribution in [-0.2, 0) is 10.0 Å². The highest BCUT2D eigenvalue weighted by molar-refractivity contribution is 9.10. The van der Waals surface area contributed by atoms with Crippen LogP contribution in [-0.4, -0.2) is 13.1 Å². The number of alkyl halides is 1. The second kappa shape index (κ2) is 4.64. The molecule has 0 aliphatic heterocycles. The summed E-state index contributed by atoms with van der Waals surface area (Å²) < 4.78 is 24.7. The summed E-state index contributed by atoms with van der Waals surface area (Å²) in [6.07, 6.45) is 0. The first-order valence-electron chi connectivity index (χ1n) is 4.06. The summed E-state index contributed by atoms with van der Waals surface area (Å²) in [5, 5.41) is 8.87. The minimum Gasteiger partial charge on any atom is -0.281 e. The summed E-state index contributed by atoms with van der Waals surface area (Å²) in [6.45, 7) is 1.75. The lowest BCUT2D eigenvalue weighted by Gasteiger charge is -2.08. The highest BCUT2D eigenvalue weighted by Crippen LogP contribution is 2.19. The zero-order valence-corrected chi connectivity index (χ0v) is 10.4. The summed E-state index contributed by atoms with van der Waals surface area (Å²) in [5.41, 5.74) is 1.41. The van der Waals surface area contributed by atoms with Gasteiger partial charge in [0, 0.05) is 0 Å². The second-order valence-electron chi connectivity index (χ2n) is 2.94. The maximum Gasteiger partial charge on any atom is 0.242 e. The molecule has 0 aliphatic rings. The molecule has 0 saturated heterocycles. The quantitative estimate of drug-likeness (QED) is 0.865. The molecule has 0 aliphatic carbocycles. The minimum absolute atomic E-state index is 0.196. The molecule has 0 heterocycles. The van der Waals surface area contributed by atoms with Gasteiger partial charge in [0.25, 0.3) is 0 Å². The first-order chi connectivity index (χ1) is 7.00. The molecule has 4 nitrogen and oxygen atoms in total. The number of hydrogen-bond acceptors (Lipinski definition) is 3. The lowest BCUT2D eigenvalue weighted by molar-refractivity contribution is 0.606. The molecule has 0 atom stereocenters. The lowest BCUT2D eigenvalue weighted by atomic mass is 10.1. The van der Waals surface area contributed by atoms with Gasteiger partial charge in [0.15, 0.2) is 0 Å². The van der Waals surface area contributed by atoms with E-state index in [2.05, 4.69) is 20.7 Å². The van der Waals surface area contributed by atoms with Gasteiger partial charge in [-0.15, -0.1) is 0 Å². The van der Waals surface area contributed by atoms with Crippen molar-refractivity contribution in [2.24, 2.45) is 0 Å². The number of rotatable bonds is 3. The summed E-state index contributed by atoms with van der Waals surface area (Å²) in [7, 11) is -3.41. The second-order valence-corrected chi connectivity index (χ2v) is 5.96. The molecule has 0 bridgehead atoms. The summed E-state index contributed by atoms with van der Waals surface area (Å²) >= 11 is 2.86. The van der Waals surface area contributed by atoms with Gasteiger partial charge in [0.2, 0.25) is 10.0 Å². The van der Waals surface area contributed by atoms with Crippen LogP contribution in [0.5, 0.6) is 0 Å². The van der Waals surface area contributed by atoms with E-state index in [1.54, 1.807) is 25.1 Å². The number of halogens is 1. The molecule has 1 rings (SSSR count). The number of nitrogens with zero attached hydrogens (tertiary/aromatic N) is 1. The van der Waals surface area contributed by atoms with Crippen molar-refractivity contribution in [1.29, 1.82) is 5.26 Å². The number of anilines is 1. The maximum absolute atomic E-state index is 11.3. The average molecular weight is 289 g/mol. The van der Waals surface area contributed by atoms with E-state index in [0.717, 1.165) is 5.56 Å². The van der Waals surface area contributed by atoms with Gasteiger partial charge in [-0.25, -0.2) is 8.42 Å². The van der Waals surface area contributed by atoms with Crippen molar-refractivity contribution in [3.05, 3.63) is 29.3 Å². The fraction of sp³-hybridized carbons (Fsp3) is 0.222. The fourth-order valence-electron chi connectivity index (χ4n) is 1.10. The zero-order chi connectivity index (χ0) is 11.5. The van der Waals surface area contributed by atoms with Crippen LogP contribution in [0.4, 0.5) is 5.69 Å². The first-order valence-corrected chi connectivity index (χ1v) is 6.83. The molecule has 0 radical (unpaired) electrons. The number of nitrogens with one attached hydrogen (secondary N) is 1. The van der Waals surface area contributed by atoms with E-state index < -0.39 is 10.0 Å². The third-order valence-electron chi connectivity index (χ3n) is 1.79. The van der Waals surface area contributed by atoms with Crippen LogP contribution in [0.15, 0.2) is 18.2 Å². The number of hydrogen-bond donors (Lipinski definition) is 1. The molecule has 80 valence electrons. The lowest BCUT2D eigenvalue weighted by Crippen LogP contribution is -2.14. The monoisotopic (exact) mass is 288 g/mol. The first kappa shape index (κ1) is 12.0. The Morgan fingerprint density at radius 3 is 2.73 bits per heavy atom. The van der Waals surface area contributed by atoms with Gasteiger partial charge in [0.1, 0.15) is 10.7 Å². The van der Waals surface area contributed by atoms with Gasteiger partial charge in [0.05, 0.1) is 11.3 Å². The molecule has 0 saturated carbocycles. The van der Waals surface area contributed by atoms with Crippen LogP contribution in [0.1, 0.15) is 11.1 Å². The van der Waals surface area contributed by atoms with E-state index in [-0.39, 0.29) is 4.66 Å². The van der Waals surface area contributed by atoms with E-state index in [1.165, 1.54) is 0 Å². The van der Waals surface area contributed by atoms with Crippen LogP contribution in [0.25, 0.3) is 0 Å². The maximum atomic E-state index is 11.3. The number of benzene rings is 1. The van der Waals surface area contributed by atoms with Crippen LogP contribution in [0.2, 0.25) is 0 Å². The SMILES string of the molecule is Cc1cccc(NS(=O)(=O)CBr)c1C#N. The molecular formula is C9H9BrN2O2S. The number of sulfonamides is 1. The van der Waals surface area contributed by atoms with Crippen molar-refractivity contribution >= 4 is 31.6 Å². The topological polar surface area (TPSA) is 70.0 Å². The molecule has 0 aromatic heterocycles. The van der Waals surface area contributed by atoms with Gasteiger partial charge < -0.3 is 0 Å². The normalized spacial score (nSPS) is 10.7. The molecule has 15 heavy (non-hydrogen) atoms. The summed E-state index contributed by atoms with van der Waals surface area (Å²) in [6, 6.07) is 6.98. The molecule has 6 heteroatoms. The molecule has 0 spiro atoms. The van der Waals surface area contributed by atoms with Crippen LogP contribution < -0.4 is 4.72 Å². The Labute approximate surface area is 97.1 Å². The molecular weight excluding hydrogens is 280 g/mol. The fourth-order valence-corrected chi connectivity index (χ4v) is 2.00. The van der Waals surface area contributed by atoms with Gasteiger partial charge >= 0.3 is 0 Å². The Balaban J connectivity index is 3.18. The molecule has 1 N–H and O–H groups in total. The highest BCUT2D eigenvalue weighted by atomic mass is 79.9. The standard InChI is InChI=1S/C9H9BrN2O2S/c1-7-3-2-4-9(8(7)5-11)12-15(13,14)6-10/h2-4,12H,6H2,1H3. The number of aryl methyl sites for hydroxylation is 1. The average Bonchev–Trinajstić information content (AvgIpc) is 2.18. The van der Waals surface area contributed by atoms with E-state index in [4.69, 9.17) is 5.26 Å². The van der Waals surface area contributed by atoms with Crippen LogP contribution in [0.3, 0.4) is 0 Å². The van der Waals surface area contributed by atoms with E-state index >= 15 is 0 Å².